The maximum Gasteiger partial charge on any atom is 0.240 e. The van der Waals surface area contributed by atoms with E-state index in [0.717, 1.165) is 51.3 Å². The third-order valence-corrected chi connectivity index (χ3v) is 5.25. The second kappa shape index (κ2) is 11.9. The van der Waals surface area contributed by atoms with Crippen molar-refractivity contribution in [2.24, 2.45) is 0 Å². The van der Waals surface area contributed by atoms with Crippen LogP contribution in [0.25, 0.3) is 0 Å². The van der Waals surface area contributed by atoms with Crippen LogP contribution in [0.3, 0.4) is 0 Å². The van der Waals surface area contributed by atoms with Crippen LogP contribution in [0.4, 0.5) is 0 Å². The van der Waals surface area contributed by atoms with Crippen molar-refractivity contribution >= 4 is 17.5 Å². The van der Waals surface area contributed by atoms with Gasteiger partial charge in [-0.25, -0.2) is 0 Å². The smallest absolute Gasteiger partial charge is 0.240 e. The highest BCUT2D eigenvalue weighted by molar-refractivity contribution is 6.30. The quantitative estimate of drug-likeness (QED) is 0.542. The fourth-order valence-corrected chi connectivity index (χ4v) is 3.35. The van der Waals surface area contributed by atoms with Gasteiger partial charge in [0.2, 0.25) is 11.8 Å². The second-order valence-electron chi connectivity index (χ2n) is 7.40. The van der Waals surface area contributed by atoms with Gasteiger partial charge in [-0.1, -0.05) is 30.1 Å². The van der Waals surface area contributed by atoms with Gasteiger partial charge in [-0.05, 0) is 30.7 Å². The number of piperazine rings is 1. The van der Waals surface area contributed by atoms with Crippen LogP contribution >= 0.6 is 11.6 Å². The van der Waals surface area contributed by atoms with E-state index in [0.29, 0.717) is 36.4 Å². The van der Waals surface area contributed by atoms with E-state index in [1.54, 1.807) is 0 Å². The van der Waals surface area contributed by atoms with Crippen molar-refractivity contribution in [2.45, 2.75) is 32.7 Å². The SMILES string of the molecule is CCCCNC(=O)Cc1noc(CN2CCN(CCOc3ccc(Cl)cc3)CC2)n1. The number of rotatable bonds is 11. The minimum atomic E-state index is -0.0646. The lowest BCUT2D eigenvalue weighted by Gasteiger charge is -2.33. The number of ether oxygens (including phenoxy) is 1. The summed E-state index contributed by atoms with van der Waals surface area (Å²) in [6.45, 7) is 8.70. The van der Waals surface area contributed by atoms with Gasteiger partial charge in [0.25, 0.3) is 0 Å². The number of carbonyl (C=O) groups is 1. The van der Waals surface area contributed by atoms with Gasteiger partial charge in [-0.15, -0.1) is 0 Å². The number of benzene rings is 1. The summed E-state index contributed by atoms with van der Waals surface area (Å²) in [5, 5.41) is 7.51. The standard InChI is InChI=1S/C21H30ClN5O3/c1-2-3-8-23-20(28)15-19-24-21(30-25-19)16-27-11-9-26(10-12-27)13-14-29-18-6-4-17(22)5-7-18/h4-7H,2-3,8-16H2,1H3,(H,23,28). The molecule has 0 saturated carbocycles. The van der Waals surface area contributed by atoms with Crippen molar-refractivity contribution in [1.82, 2.24) is 25.3 Å². The van der Waals surface area contributed by atoms with Gasteiger partial charge in [-0.2, -0.15) is 4.98 Å². The monoisotopic (exact) mass is 435 g/mol. The molecular weight excluding hydrogens is 406 g/mol. The molecule has 9 heteroatoms. The summed E-state index contributed by atoms with van der Waals surface area (Å²) in [5.74, 6) is 1.78. The number of aromatic nitrogens is 2. The van der Waals surface area contributed by atoms with Gasteiger partial charge in [0.15, 0.2) is 5.82 Å². The molecule has 1 saturated heterocycles. The van der Waals surface area contributed by atoms with E-state index in [2.05, 4.69) is 32.2 Å². The molecule has 2 aromatic rings. The van der Waals surface area contributed by atoms with Crippen molar-refractivity contribution < 1.29 is 14.1 Å². The zero-order valence-corrected chi connectivity index (χ0v) is 18.2. The van der Waals surface area contributed by atoms with Crippen LogP contribution < -0.4 is 10.1 Å². The first-order valence-corrected chi connectivity index (χ1v) is 10.9. The first-order chi connectivity index (χ1) is 14.6. The van der Waals surface area contributed by atoms with Gasteiger partial charge in [-0.3, -0.25) is 14.6 Å². The Morgan fingerprint density at radius 2 is 1.93 bits per heavy atom. The van der Waals surface area contributed by atoms with E-state index in [9.17, 15) is 4.79 Å². The van der Waals surface area contributed by atoms with Crippen LogP contribution in [0.15, 0.2) is 28.8 Å². The summed E-state index contributed by atoms with van der Waals surface area (Å²) >= 11 is 5.88. The van der Waals surface area contributed by atoms with Gasteiger partial charge in [0, 0.05) is 44.3 Å². The summed E-state index contributed by atoms with van der Waals surface area (Å²) in [4.78, 5) is 20.9. The van der Waals surface area contributed by atoms with E-state index >= 15 is 0 Å². The van der Waals surface area contributed by atoms with Crippen LogP contribution in [-0.4, -0.2) is 71.7 Å². The number of amides is 1. The largest absolute Gasteiger partial charge is 0.492 e. The van der Waals surface area contributed by atoms with E-state index < -0.39 is 0 Å². The fraction of sp³-hybridized carbons (Fsp3) is 0.571. The summed E-state index contributed by atoms with van der Waals surface area (Å²) in [6, 6.07) is 7.43. The van der Waals surface area contributed by atoms with Crippen LogP contribution in [0, 0.1) is 0 Å². The normalized spacial score (nSPS) is 15.3. The number of hydrogen-bond acceptors (Lipinski definition) is 7. The molecule has 1 amide bonds. The Hall–Kier alpha value is -2.16. The summed E-state index contributed by atoms with van der Waals surface area (Å²) < 4.78 is 11.1. The van der Waals surface area contributed by atoms with Crippen molar-refractivity contribution in [2.75, 3.05) is 45.9 Å². The van der Waals surface area contributed by atoms with Crippen molar-refractivity contribution in [3.8, 4) is 5.75 Å². The molecule has 30 heavy (non-hydrogen) atoms. The maximum absolute atomic E-state index is 11.8. The lowest BCUT2D eigenvalue weighted by Crippen LogP contribution is -2.47. The highest BCUT2D eigenvalue weighted by Gasteiger charge is 2.19. The first-order valence-electron chi connectivity index (χ1n) is 10.5. The molecule has 1 fully saturated rings. The zero-order chi connectivity index (χ0) is 21.2. The van der Waals surface area contributed by atoms with Crippen molar-refractivity contribution in [3.63, 3.8) is 0 Å². The van der Waals surface area contributed by atoms with Gasteiger partial charge in [0.1, 0.15) is 12.4 Å². The van der Waals surface area contributed by atoms with Gasteiger partial charge >= 0.3 is 0 Å². The molecular formula is C21H30ClN5O3. The molecule has 3 rings (SSSR count). The predicted octanol–water partition coefficient (Wildman–Crippen LogP) is 2.38. The molecule has 8 nitrogen and oxygen atoms in total. The van der Waals surface area contributed by atoms with Crippen LogP contribution in [-0.2, 0) is 17.8 Å². The topological polar surface area (TPSA) is 83.7 Å². The minimum absolute atomic E-state index is 0.0646. The summed E-state index contributed by atoms with van der Waals surface area (Å²) in [7, 11) is 0. The predicted molar refractivity (Wildman–Crippen MR) is 115 cm³/mol. The van der Waals surface area contributed by atoms with E-state index in [-0.39, 0.29) is 12.3 Å². The number of halogens is 1. The molecule has 1 N–H and O–H groups in total. The molecule has 1 aromatic heterocycles. The zero-order valence-electron chi connectivity index (χ0n) is 17.5. The summed E-state index contributed by atoms with van der Waals surface area (Å²) in [5.41, 5.74) is 0. The highest BCUT2D eigenvalue weighted by atomic mass is 35.5. The molecule has 1 aliphatic rings. The molecule has 0 atom stereocenters. The third kappa shape index (κ3) is 7.59. The number of carbonyl (C=O) groups excluding carboxylic acids is 1. The second-order valence-corrected chi connectivity index (χ2v) is 7.84. The molecule has 0 unspecified atom stereocenters. The Morgan fingerprint density at radius 3 is 2.67 bits per heavy atom. The van der Waals surface area contributed by atoms with Crippen LogP contribution in [0.5, 0.6) is 5.75 Å². The first kappa shape index (κ1) is 22.5. The lowest BCUT2D eigenvalue weighted by molar-refractivity contribution is -0.120. The highest BCUT2D eigenvalue weighted by Crippen LogP contribution is 2.15. The Morgan fingerprint density at radius 1 is 1.20 bits per heavy atom. The van der Waals surface area contributed by atoms with E-state index in [1.165, 1.54) is 0 Å². The van der Waals surface area contributed by atoms with Crippen molar-refractivity contribution in [3.05, 3.63) is 41.0 Å². The fourth-order valence-electron chi connectivity index (χ4n) is 3.22. The molecule has 0 aliphatic carbocycles. The Balaban J connectivity index is 1.32. The molecule has 2 heterocycles. The molecule has 0 spiro atoms. The van der Waals surface area contributed by atoms with Crippen LogP contribution in [0.2, 0.25) is 5.02 Å². The average molecular weight is 436 g/mol. The average Bonchev–Trinajstić information content (AvgIpc) is 3.17. The van der Waals surface area contributed by atoms with Crippen molar-refractivity contribution in [1.29, 1.82) is 0 Å². The lowest BCUT2D eigenvalue weighted by atomic mass is 10.3. The van der Waals surface area contributed by atoms with Gasteiger partial charge < -0.3 is 14.6 Å². The van der Waals surface area contributed by atoms with E-state index in [1.807, 2.05) is 24.3 Å². The number of nitrogens with zero attached hydrogens (tertiary/aromatic N) is 4. The molecule has 164 valence electrons. The molecule has 0 bridgehead atoms. The van der Waals surface area contributed by atoms with E-state index in [4.69, 9.17) is 20.9 Å². The molecule has 1 aromatic carbocycles. The number of nitrogens with one attached hydrogen (secondary N) is 1. The maximum atomic E-state index is 11.8. The number of hydrogen-bond donors (Lipinski definition) is 1. The number of unbranched alkanes of at least 4 members (excludes halogenated alkanes) is 1. The third-order valence-electron chi connectivity index (χ3n) is 4.99. The Kier molecular flexibility index (Phi) is 8.92. The Bertz CT molecular complexity index is 775. The molecule has 1 aliphatic heterocycles. The molecule has 0 radical (unpaired) electrons. The van der Waals surface area contributed by atoms with Crippen LogP contribution in [0.1, 0.15) is 31.5 Å². The van der Waals surface area contributed by atoms with Gasteiger partial charge in [0.05, 0.1) is 13.0 Å². The minimum Gasteiger partial charge on any atom is -0.492 e. The Labute approximate surface area is 182 Å². The summed E-state index contributed by atoms with van der Waals surface area (Å²) in [6.07, 6.45) is 2.19.